The minimum absolute atomic E-state index is 0.115. The molecule has 7 heteroatoms. The van der Waals surface area contributed by atoms with Crippen molar-refractivity contribution in [2.24, 2.45) is 0 Å². The van der Waals surface area contributed by atoms with Gasteiger partial charge in [0.05, 0.1) is 6.42 Å². The average Bonchev–Trinajstić information content (AvgIpc) is 2.66. The van der Waals surface area contributed by atoms with Gasteiger partial charge in [-0.3, -0.25) is 9.59 Å². The summed E-state index contributed by atoms with van der Waals surface area (Å²) in [6.45, 7) is 4.22. The summed E-state index contributed by atoms with van der Waals surface area (Å²) < 4.78 is 14.0. The van der Waals surface area contributed by atoms with E-state index < -0.39 is 11.9 Å². The van der Waals surface area contributed by atoms with Crippen LogP contribution in [-0.2, 0) is 22.6 Å². The molecule has 28 heavy (non-hydrogen) atoms. The van der Waals surface area contributed by atoms with Crippen LogP contribution in [0.1, 0.15) is 31.4 Å². The fourth-order valence-electron chi connectivity index (χ4n) is 2.72. The normalized spacial score (nSPS) is 11.8. The third-order valence-electron chi connectivity index (χ3n) is 4.37. The Morgan fingerprint density at radius 3 is 2.50 bits per heavy atom. The molecule has 0 saturated carbocycles. The summed E-state index contributed by atoms with van der Waals surface area (Å²) in [6.07, 6.45) is 0.633. The van der Waals surface area contributed by atoms with Gasteiger partial charge in [0, 0.05) is 23.1 Å². The van der Waals surface area contributed by atoms with Crippen molar-refractivity contribution in [2.45, 2.75) is 39.3 Å². The molecule has 150 valence electrons. The van der Waals surface area contributed by atoms with Gasteiger partial charge in [0.2, 0.25) is 11.8 Å². The molecule has 0 aliphatic rings. The summed E-state index contributed by atoms with van der Waals surface area (Å²) in [7, 11) is 0. The number of amides is 2. The average molecular weight is 425 g/mol. The Kier molecular flexibility index (Phi) is 8.27. The van der Waals surface area contributed by atoms with E-state index in [2.05, 4.69) is 5.32 Å². The van der Waals surface area contributed by atoms with Gasteiger partial charge in [0.1, 0.15) is 11.9 Å². The lowest BCUT2D eigenvalue weighted by atomic mass is 10.1. The van der Waals surface area contributed by atoms with Crippen LogP contribution >= 0.6 is 23.2 Å². The molecule has 2 aromatic rings. The van der Waals surface area contributed by atoms with E-state index in [0.717, 1.165) is 6.42 Å². The third kappa shape index (κ3) is 5.94. The van der Waals surface area contributed by atoms with Crippen molar-refractivity contribution in [3.63, 3.8) is 0 Å². The van der Waals surface area contributed by atoms with Crippen LogP contribution in [0.4, 0.5) is 4.39 Å². The SMILES string of the molecule is CCCNC(=O)[C@H](C)N(Cc1ccc(Cl)cc1Cl)C(=O)Cc1ccccc1F. The molecule has 0 saturated heterocycles. The highest BCUT2D eigenvalue weighted by molar-refractivity contribution is 6.35. The number of rotatable bonds is 8. The predicted molar refractivity (Wildman–Crippen MR) is 110 cm³/mol. The maximum absolute atomic E-state index is 14.0. The van der Waals surface area contributed by atoms with E-state index >= 15 is 0 Å². The molecule has 2 aromatic carbocycles. The molecule has 2 rings (SSSR count). The number of nitrogens with zero attached hydrogens (tertiary/aromatic N) is 1. The van der Waals surface area contributed by atoms with Crippen molar-refractivity contribution in [1.82, 2.24) is 10.2 Å². The van der Waals surface area contributed by atoms with Crippen LogP contribution < -0.4 is 5.32 Å². The van der Waals surface area contributed by atoms with Gasteiger partial charge in [-0.15, -0.1) is 0 Å². The fraction of sp³-hybridized carbons (Fsp3) is 0.333. The standard InChI is InChI=1S/C21H23Cl2FN2O2/c1-3-10-25-21(28)14(2)26(13-16-8-9-17(22)12-18(16)23)20(27)11-15-6-4-5-7-19(15)24/h4-9,12,14H,3,10-11,13H2,1-2H3,(H,25,28)/t14-/m0/s1. The molecule has 1 atom stereocenters. The molecule has 0 unspecified atom stereocenters. The van der Waals surface area contributed by atoms with Crippen LogP contribution in [0.5, 0.6) is 0 Å². The van der Waals surface area contributed by atoms with E-state index in [1.807, 2.05) is 6.92 Å². The minimum Gasteiger partial charge on any atom is -0.354 e. The lowest BCUT2D eigenvalue weighted by molar-refractivity contribution is -0.140. The molecule has 0 aliphatic carbocycles. The molecule has 0 aromatic heterocycles. The first-order valence-electron chi connectivity index (χ1n) is 9.08. The van der Waals surface area contributed by atoms with E-state index in [9.17, 15) is 14.0 Å². The van der Waals surface area contributed by atoms with Crippen LogP contribution in [-0.4, -0.2) is 29.3 Å². The summed E-state index contributed by atoms with van der Waals surface area (Å²) in [4.78, 5) is 26.8. The van der Waals surface area contributed by atoms with Gasteiger partial charge >= 0.3 is 0 Å². The number of carbonyl (C=O) groups is 2. The number of hydrogen-bond donors (Lipinski definition) is 1. The summed E-state index contributed by atoms with van der Waals surface area (Å²) in [6, 6.07) is 10.3. The molecular formula is C21H23Cl2FN2O2. The Morgan fingerprint density at radius 2 is 1.86 bits per heavy atom. The maximum atomic E-state index is 14.0. The Morgan fingerprint density at radius 1 is 1.14 bits per heavy atom. The van der Waals surface area contributed by atoms with E-state index in [1.165, 1.54) is 11.0 Å². The highest BCUT2D eigenvalue weighted by Crippen LogP contribution is 2.23. The summed E-state index contributed by atoms with van der Waals surface area (Å²) in [5.74, 6) is -1.09. The van der Waals surface area contributed by atoms with E-state index in [4.69, 9.17) is 23.2 Å². The van der Waals surface area contributed by atoms with Crippen LogP contribution in [0.15, 0.2) is 42.5 Å². The topological polar surface area (TPSA) is 49.4 Å². The Bertz CT molecular complexity index is 845. The summed E-state index contributed by atoms with van der Waals surface area (Å²) >= 11 is 12.2. The van der Waals surface area contributed by atoms with Gasteiger partial charge in [-0.1, -0.05) is 54.4 Å². The highest BCUT2D eigenvalue weighted by atomic mass is 35.5. The third-order valence-corrected chi connectivity index (χ3v) is 4.96. The van der Waals surface area contributed by atoms with Crippen LogP contribution in [0, 0.1) is 5.82 Å². The molecule has 0 spiro atoms. The Balaban J connectivity index is 2.27. The summed E-state index contributed by atoms with van der Waals surface area (Å²) in [5.41, 5.74) is 0.934. The molecule has 1 N–H and O–H groups in total. The smallest absolute Gasteiger partial charge is 0.242 e. The van der Waals surface area contributed by atoms with Crippen molar-refractivity contribution in [3.8, 4) is 0 Å². The number of hydrogen-bond acceptors (Lipinski definition) is 2. The quantitative estimate of drug-likeness (QED) is 0.671. The zero-order chi connectivity index (χ0) is 20.7. The second-order valence-electron chi connectivity index (χ2n) is 6.49. The van der Waals surface area contributed by atoms with Crippen molar-refractivity contribution >= 4 is 35.0 Å². The van der Waals surface area contributed by atoms with Crippen LogP contribution in [0.25, 0.3) is 0 Å². The first-order valence-corrected chi connectivity index (χ1v) is 9.83. The van der Waals surface area contributed by atoms with E-state index in [0.29, 0.717) is 22.2 Å². The molecule has 4 nitrogen and oxygen atoms in total. The van der Waals surface area contributed by atoms with Gasteiger partial charge in [-0.25, -0.2) is 4.39 Å². The molecule has 2 amide bonds. The van der Waals surface area contributed by atoms with Crippen LogP contribution in [0.2, 0.25) is 10.0 Å². The second-order valence-corrected chi connectivity index (χ2v) is 7.34. The zero-order valence-corrected chi connectivity index (χ0v) is 17.4. The van der Waals surface area contributed by atoms with Gasteiger partial charge in [-0.05, 0) is 42.7 Å². The molecular weight excluding hydrogens is 402 g/mol. The van der Waals surface area contributed by atoms with Crippen LogP contribution in [0.3, 0.4) is 0 Å². The van der Waals surface area contributed by atoms with Crippen molar-refractivity contribution in [2.75, 3.05) is 6.54 Å². The second kappa shape index (κ2) is 10.4. The van der Waals surface area contributed by atoms with Gasteiger partial charge in [-0.2, -0.15) is 0 Å². The van der Waals surface area contributed by atoms with Gasteiger partial charge in [0.15, 0.2) is 0 Å². The highest BCUT2D eigenvalue weighted by Gasteiger charge is 2.27. The van der Waals surface area contributed by atoms with E-state index in [-0.39, 0.29) is 30.3 Å². The number of benzene rings is 2. The largest absolute Gasteiger partial charge is 0.354 e. The summed E-state index contributed by atoms with van der Waals surface area (Å²) in [5, 5.41) is 3.67. The fourth-order valence-corrected chi connectivity index (χ4v) is 3.19. The lowest BCUT2D eigenvalue weighted by Gasteiger charge is -2.29. The molecule has 0 bridgehead atoms. The van der Waals surface area contributed by atoms with Gasteiger partial charge < -0.3 is 10.2 Å². The number of nitrogens with one attached hydrogen (secondary N) is 1. The minimum atomic E-state index is -0.738. The molecule has 0 fully saturated rings. The molecule has 0 heterocycles. The number of carbonyl (C=O) groups excluding carboxylic acids is 2. The predicted octanol–water partition coefficient (Wildman–Crippen LogP) is 4.62. The Labute approximate surface area is 174 Å². The Hall–Kier alpha value is -2.11. The van der Waals surface area contributed by atoms with Crippen molar-refractivity contribution in [1.29, 1.82) is 0 Å². The molecule has 0 radical (unpaired) electrons. The zero-order valence-electron chi connectivity index (χ0n) is 15.8. The first-order chi connectivity index (χ1) is 13.3. The van der Waals surface area contributed by atoms with E-state index in [1.54, 1.807) is 43.3 Å². The first kappa shape index (κ1) is 22.2. The maximum Gasteiger partial charge on any atom is 0.242 e. The monoisotopic (exact) mass is 424 g/mol. The molecule has 0 aliphatic heterocycles. The van der Waals surface area contributed by atoms with Crippen molar-refractivity contribution in [3.05, 3.63) is 69.5 Å². The number of halogens is 3. The lowest BCUT2D eigenvalue weighted by Crippen LogP contribution is -2.48. The van der Waals surface area contributed by atoms with Crippen molar-refractivity contribution < 1.29 is 14.0 Å². The van der Waals surface area contributed by atoms with Gasteiger partial charge in [0.25, 0.3) is 0 Å².